The molecule has 0 aromatic heterocycles. The summed E-state index contributed by atoms with van der Waals surface area (Å²) in [5, 5.41) is 3.50. The Labute approximate surface area is 118 Å². The van der Waals surface area contributed by atoms with E-state index in [9.17, 15) is 4.79 Å². The smallest absolute Gasteiger partial charge is 0.327 e. The van der Waals surface area contributed by atoms with Crippen LogP contribution in [-0.2, 0) is 9.53 Å². The van der Waals surface area contributed by atoms with Crippen molar-refractivity contribution in [1.29, 1.82) is 0 Å². The summed E-state index contributed by atoms with van der Waals surface area (Å²) in [5.41, 5.74) is 0.728. The Morgan fingerprint density at radius 1 is 1.58 bits per heavy atom. The number of hydrogen-bond acceptors (Lipinski definition) is 4. The van der Waals surface area contributed by atoms with Crippen molar-refractivity contribution in [3.05, 3.63) is 41.4 Å². The van der Waals surface area contributed by atoms with Gasteiger partial charge in [-0.3, -0.25) is 5.32 Å². The molecule has 1 aromatic carbocycles. The SMILES string of the molecule is C=CCNC(C(=O)OCC)c1ccc(OC)c(Cl)c1. The van der Waals surface area contributed by atoms with E-state index >= 15 is 0 Å². The van der Waals surface area contributed by atoms with Gasteiger partial charge >= 0.3 is 5.97 Å². The molecule has 0 amide bonds. The lowest BCUT2D eigenvalue weighted by atomic mass is 10.1. The Bertz CT molecular complexity index is 448. The second-order valence-electron chi connectivity index (χ2n) is 3.78. The molecule has 5 heteroatoms. The van der Waals surface area contributed by atoms with E-state index in [0.717, 1.165) is 5.56 Å². The molecule has 104 valence electrons. The molecule has 0 aliphatic heterocycles. The van der Waals surface area contributed by atoms with E-state index in [1.807, 2.05) is 0 Å². The predicted octanol–water partition coefficient (Wildman–Crippen LogP) is 2.73. The zero-order valence-corrected chi connectivity index (χ0v) is 11.9. The molecule has 0 fully saturated rings. The number of methoxy groups -OCH3 is 1. The van der Waals surface area contributed by atoms with E-state index in [0.29, 0.717) is 23.9 Å². The molecule has 0 aliphatic rings. The molecule has 0 aliphatic carbocycles. The van der Waals surface area contributed by atoms with Crippen LogP contribution in [0, 0.1) is 0 Å². The Balaban J connectivity index is 2.99. The molecular formula is C14H18ClNO3. The molecule has 0 saturated heterocycles. The van der Waals surface area contributed by atoms with Crippen LogP contribution in [0.15, 0.2) is 30.9 Å². The highest BCUT2D eigenvalue weighted by molar-refractivity contribution is 6.32. The van der Waals surface area contributed by atoms with E-state index in [4.69, 9.17) is 21.1 Å². The van der Waals surface area contributed by atoms with Gasteiger partial charge in [0.25, 0.3) is 0 Å². The molecule has 0 radical (unpaired) electrons. The highest BCUT2D eigenvalue weighted by Crippen LogP contribution is 2.28. The maximum absolute atomic E-state index is 11.9. The molecule has 1 atom stereocenters. The van der Waals surface area contributed by atoms with E-state index < -0.39 is 6.04 Å². The van der Waals surface area contributed by atoms with Gasteiger partial charge in [-0.2, -0.15) is 0 Å². The van der Waals surface area contributed by atoms with Gasteiger partial charge < -0.3 is 9.47 Å². The minimum absolute atomic E-state index is 0.328. The zero-order valence-electron chi connectivity index (χ0n) is 11.1. The van der Waals surface area contributed by atoms with Crippen molar-refractivity contribution in [3.8, 4) is 5.75 Å². The molecule has 1 unspecified atom stereocenters. The molecule has 0 heterocycles. The van der Waals surface area contributed by atoms with E-state index in [1.165, 1.54) is 0 Å². The summed E-state index contributed by atoms with van der Waals surface area (Å²) in [6.07, 6.45) is 1.68. The van der Waals surface area contributed by atoms with Crippen molar-refractivity contribution in [1.82, 2.24) is 5.32 Å². The summed E-state index contributed by atoms with van der Waals surface area (Å²) >= 11 is 6.06. The number of rotatable bonds is 7. The fraction of sp³-hybridized carbons (Fsp3) is 0.357. The van der Waals surface area contributed by atoms with Crippen LogP contribution in [0.1, 0.15) is 18.5 Å². The van der Waals surface area contributed by atoms with Gasteiger partial charge in [-0.25, -0.2) is 4.79 Å². The first kappa shape index (κ1) is 15.5. The number of hydrogen-bond donors (Lipinski definition) is 1. The van der Waals surface area contributed by atoms with Crippen LogP contribution in [-0.4, -0.2) is 26.2 Å². The van der Waals surface area contributed by atoms with E-state index in [1.54, 1.807) is 38.3 Å². The molecule has 4 nitrogen and oxygen atoms in total. The van der Waals surface area contributed by atoms with Gasteiger partial charge in [-0.1, -0.05) is 23.7 Å². The third-order valence-corrected chi connectivity index (χ3v) is 2.79. The van der Waals surface area contributed by atoms with Crippen molar-refractivity contribution >= 4 is 17.6 Å². The summed E-state index contributed by atoms with van der Waals surface area (Å²) in [4.78, 5) is 11.9. The lowest BCUT2D eigenvalue weighted by Gasteiger charge is -2.17. The average molecular weight is 284 g/mol. The number of halogens is 1. The average Bonchev–Trinajstić information content (AvgIpc) is 2.39. The largest absolute Gasteiger partial charge is 0.495 e. The van der Waals surface area contributed by atoms with Gasteiger partial charge in [-0.15, -0.1) is 6.58 Å². The van der Waals surface area contributed by atoms with Gasteiger partial charge in [0, 0.05) is 6.54 Å². The number of carbonyl (C=O) groups is 1. The standard InChI is InChI=1S/C14H18ClNO3/c1-4-8-16-13(14(17)19-5-2)10-6-7-12(18-3)11(15)9-10/h4,6-7,9,13,16H,1,5,8H2,2-3H3. The summed E-state index contributed by atoms with van der Waals surface area (Å²) in [6.45, 7) is 6.20. The van der Waals surface area contributed by atoms with Crippen LogP contribution < -0.4 is 10.1 Å². The predicted molar refractivity (Wildman–Crippen MR) is 75.6 cm³/mol. The maximum Gasteiger partial charge on any atom is 0.327 e. The monoisotopic (exact) mass is 283 g/mol. The van der Waals surface area contributed by atoms with Crippen molar-refractivity contribution in [2.24, 2.45) is 0 Å². The van der Waals surface area contributed by atoms with Crippen molar-refractivity contribution in [2.75, 3.05) is 20.3 Å². The van der Waals surface area contributed by atoms with E-state index in [2.05, 4.69) is 11.9 Å². The fourth-order valence-electron chi connectivity index (χ4n) is 1.63. The normalized spacial score (nSPS) is 11.7. The topological polar surface area (TPSA) is 47.6 Å². The number of ether oxygens (including phenoxy) is 2. The highest BCUT2D eigenvalue weighted by Gasteiger charge is 2.21. The van der Waals surface area contributed by atoms with Crippen molar-refractivity contribution in [2.45, 2.75) is 13.0 Å². The molecular weight excluding hydrogens is 266 g/mol. The highest BCUT2D eigenvalue weighted by atomic mass is 35.5. The second-order valence-corrected chi connectivity index (χ2v) is 4.18. The Kier molecular flexibility index (Phi) is 6.39. The lowest BCUT2D eigenvalue weighted by molar-refractivity contribution is -0.145. The van der Waals surface area contributed by atoms with Crippen LogP contribution in [0.2, 0.25) is 5.02 Å². The Morgan fingerprint density at radius 2 is 2.32 bits per heavy atom. The lowest BCUT2D eigenvalue weighted by Crippen LogP contribution is -2.30. The first-order valence-electron chi connectivity index (χ1n) is 5.98. The third kappa shape index (κ3) is 4.26. The van der Waals surface area contributed by atoms with Gasteiger partial charge in [-0.05, 0) is 24.6 Å². The number of benzene rings is 1. The first-order chi connectivity index (χ1) is 9.13. The van der Waals surface area contributed by atoms with Crippen molar-refractivity contribution < 1.29 is 14.3 Å². The Hall–Kier alpha value is -1.52. The molecule has 0 saturated carbocycles. The number of esters is 1. The van der Waals surface area contributed by atoms with Crippen LogP contribution in [0.5, 0.6) is 5.75 Å². The minimum Gasteiger partial charge on any atom is -0.495 e. The fourth-order valence-corrected chi connectivity index (χ4v) is 1.89. The van der Waals surface area contributed by atoms with Gasteiger partial charge in [0.15, 0.2) is 0 Å². The summed E-state index contributed by atoms with van der Waals surface area (Å²) < 4.78 is 10.1. The Morgan fingerprint density at radius 3 is 2.84 bits per heavy atom. The maximum atomic E-state index is 11.9. The van der Waals surface area contributed by atoms with E-state index in [-0.39, 0.29) is 5.97 Å². The molecule has 19 heavy (non-hydrogen) atoms. The number of carbonyl (C=O) groups excluding carboxylic acids is 1. The molecule has 1 rings (SSSR count). The second kappa shape index (κ2) is 7.81. The third-order valence-electron chi connectivity index (χ3n) is 2.50. The summed E-state index contributed by atoms with van der Waals surface area (Å²) in [7, 11) is 1.54. The van der Waals surface area contributed by atoms with Gasteiger partial charge in [0.1, 0.15) is 11.8 Å². The molecule has 1 aromatic rings. The van der Waals surface area contributed by atoms with Crippen LogP contribution in [0.4, 0.5) is 0 Å². The van der Waals surface area contributed by atoms with Gasteiger partial charge in [0.05, 0.1) is 18.7 Å². The summed E-state index contributed by atoms with van der Waals surface area (Å²) in [6, 6.07) is 4.63. The molecule has 1 N–H and O–H groups in total. The quantitative estimate of drug-likeness (QED) is 0.617. The zero-order chi connectivity index (χ0) is 14.3. The van der Waals surface area contributed by atoms with Crippen LogP contribution in [0.25, 0.3) is 0 Å². The van der Waals surface area contributed by atoms with Crippen LogP contribution >= 0.6 is 11.6 Å². The summed E-state index contributed by atoms with van der Waals surface area (Å²) in [5.74, 6) is 0.224. The van der Waals surface area contributed by atoms with Crippen LogP contribution in [0.3, 0.4) is 0 Å². The molecule has 0 spiro atoms. The minimum atomic E-state index is -0.568. The first-order valence-corrected chi connectivity index (χ1v) is 6.36. The molecule has 0 bridgehead atoms. The number of nitrogens with one attached hydrogen (secondary N) is 1. The van der Waals surface area contributed by atoms with Crippen molar-refractivity contribution in [3.63, 3.8) is 0 Å². The van der Waals surface area contributed by atoms with Gasteiger partial charge in [0.2, 0.25) is 0 Å².